The van der Waals surface area contributed by atoms with Crippen LogP contribution in [0, 0.1) is 0 Å². The third kappa shape index (κ3) is 4.53. The summed E-state index contributed by atoms with van der Waals surface area (Å²) in [6.07, 6.45) is 0. The van der Waals surface area contributed by atoms with Gasteiger partial charge in [0, 0.05) is 21.9 Å². The highest BCUT2D eigenvalue weighted by Gasteiger charge is 2.18. The van der Waals surface area contributed by atoms with E-state index in [0.717, 1.165) is 32.9 Å². The highest BCUT2D eigenvalue weighted by Crippen LogP contribution is 2.40. The summed E-state index contributed by atoms with van der Waals surface area (Å²) < 4.78 is 0. The summed E-state index contributed by atoms with van der Waals surface area (Å²) in [6, 6.07) is 24.7. The van der Waals surface area contributed by atoms with Crippen LogP contribution in [0.3, 0.4) is 0 Å². The summed E-state index contributed by atoms with van der Waals surface area (Å²) >= 11 is 0. The minimum Gasteiger partial charge on any atom is -0.369 e. The van der Waals surface area contributed by atoms with Crippen molar-refractivity contribution in [3.8, 4) is 22.3 Å². The van der Waals surface area contributed by atoms with Crippen LogP contribution < -0.4 is 10.6 Å². The van der Waals surface area contributed by atoms with Crippen molar-refractivity contribution in [2.75, 3.05) is 0 Å². The SMILES string of the molecule is CC(C)P(O)c1ccccc1-c1ccc(-c2ccccc2P(O)C(C)C)cc1. The van der Waals surface area contributed by atoms with Crippen molar-refractivity contribution in [2.24, 2.45) is 0 Å². The summed E-state index contributed by atoms with van der Waals surface area (Å²) in [4.78, 5) is 21.3. The molecule has 0 saturated heterocycles. The molecule has 0 aliphatic rings. The number of rotatable bonds is 6. The van der Waals surface area contributed by atoms with Crippen LogP contribution in [0.4, 0.5) is 0 Å². The molecule has 0 aliphatic heterocycles. The summed E-state index contributed by atoms with van der Waals surface area (Å²) in [5.74, 6) is 0. The second-order valence-corrected chi connectivity index (χ2v) is 11.9. The minimum atomic E-state index is -1.18. The Hall–Kier alpha value is -1.56. The maximum Gasteiger partial charge on any atom is 0.0595 e. The molecule has 0 spiro atoms. The fourth-order valence-electron chi connectivity index (χ4n) is 3.22. The second-order valence-electron chi connectivity index (χ2n) is 7.49. The van der Waals surface area contributed by atoms with E-state index in [1.165, 1.54) is 0 Å². The van der Waals surface area contributed by atoms with Crippen molar-refractivity contribution >= 4 is 26.9 Å². The van der Waals surface area contributed by atoms with Crippen LogP contribution in [0.5, 0.6) is 0 Å². The van der Waals surface area contributed by atoms with E-state index in [1.807, 2.05) is 36.4 Å². The molecule has 3 aromatic carbocycles. The predicted molar refractivity (Wildman–Crippen MR) is 125 cm³/mol. The fraction of sp³-hybridized carbons (Fsp3) is 0.250. The van der Waals surface area contributed by atoms with Gasteiger partial charge < -0.3 is 9.79 Å². The van der Waals surface area contributed by atoms with Gasteiger partial charge in [-0.1, -0.05) is 100 Å². The van der Waals surface area contributed by atoms with E-state index >= 15 is 0 Å². The molecule has 3 aromatic rings. The van der Waals surface area contributed by atoms with Gasteiger partial charge in [0.25, 0.3) is 0 Å². The first-order valence-electron chi connectivity index (χ1n) is 9.65. The molecular formula is C24H28O2P2. The molecule has 3 rings (SSSR count). The third-order valence-corrected chi connectivity index (χ3v) is 8.51. The van der Waals surface area contributed by atoms with Crippen molar-refractivity contribution in [1.29, 1.82) is 0 Å². The third-order valence-electron chi connectivity index (χ3n) is 4.79. The van der Waals surface area contributed by atoms with Crippen LogP contribution >= 0.6 is 16.3 Å². The summed E-state index contributed by atoms with van der Waals surface area (Å²) in [5, 5.41) is 2.05. The molecular weight excluding hydrogens is 382 g/mol. The van der Waals surface area contributed by atoms with E-state index in [9.17, 15) is 9.79 Å². The lowest BCUT2D eigenvalue weighted by Crippen LogP contribution is -2.11. The van der Waals surface area contributed by atoms with Gasteiger partial charge in [-0.2, -0.15) is 0 Å². The Bertz CT molecular complexity index is 843. The molecule has 2 nitrogen and oxygen atoms in total. The molecule has 4 heteroatoms. The first-order valence-corrected chi connectivity index (χ1v) is 12.4. The first kappa shape index (κ1) is 21.2. The highest BCUT2D eigenvalue weighted by atomic mass is 31.1. The van der Waals surface area contributed by atoms with Crippen LogP contribution in [-0.2, 0) is 0 Å². The van der Waals surface area contributed by atoms with E-state index in [0.29, 0.717) is 0 Å². The topological polar surface area (TPSA) is 40.5 Å². The molecule has 2 atom stereocenters. The van der Waals surface area contributed by atoms with Gasteiger partial charge in [0.15, 0.2) is 0 Å². The monoisotopic (exact) mass is 410 g/mol. The molecule has 2 N–H and O–H groups in total. The van der Waals surface area contributed by atoms with Gasteiger partial charge in [0.05, 0.1) is 16.3 Å². The average molecular weight is 410 g/mol. The number of benzene rings is 3. The van der Waals surface area contributed by atoms with Crippen LogP contribution in [0.15, 0.2) is 72.8 Å². The molecule has 0 aromatic heterocycles. The van der Waals surface area contributed by atoms with Gasteiger partial charge in [0.1, 0.15) is 0 Å². The van der Waals surface area contributed by atoms with Crippen LogP contribution in [-0.4, -0.2) is 21.1 Å². The molecule has 28 heavy (non-hydrogen) atoms. The second kappa shape index (κ2) is 9.29. The molecule has 2 unspecified atom stereocenters. The van der Waals surface area contributed by atoms with E-state index in [4.69, 9.17) is 0 Å². The fourth-order valence-corrected chi connectivity index (χ4v) is 5.71. The Morgan fingerprint density at radius 2 is 0.857 bits per heavy atom. The smallest absolute Gasteiger partial charge is 0.0595 e. The molecule has 0 amide bonds. The Kier molecular flexibility index (Phi) is 7.02. The largest absolute Gasteiger partial charge is 0.369 e. The molecule has 0 aliphatic carbocycles. The Labute approximate surface area is 170 Å². The molecule has 146 valence electrons. The summed E-state index contributed by atoms with van der Waals surface area (Å²) in [5.41, 5.74) is 4.85. The van der Waals surface area contributed by atoms with Gasteiger partial charge in [-0.05, 0) is 22.3 Å². The quantitative estimate of drug-likeness (QED) is 0.499. The van der Waals surface area contributed by atoms with Crippen molar-refractivity contribution in [2.45, 2.75) is 39.0 Å². The van der Waals surface area contributed by atoms with Crippen LogP contribution in [0.1, 0.15) is 27.7 Å². The van der Waals surface area contributed by atoms with Gasteiger partial charge in [-0.3, -0.25) is 0 Å². The summed E-state index contributed by atoms with van der Waals surface area (Å²) in [7, 11) is -2.36. The highest BCUT2D eigenvalue weighted by molar-refractivity contribution is 7.61. The van der Waals surface area contributed by atoms with Gasteiger partial charge >= 0.3 is 0 Å². The minimum absolute atomic E-state index is 0.224. The predicted octanol–water partition coefficient (Wildman–Crippen LogP) is 5.87. The lowest BCUT2D eigenvalue weighted by Gasteiger charge is -2.20. The van der Waals surface area contributed by atoms with E-state index in [2.05, 4.69) is 64.1 Å². The zero-order valence-electron chi connectivity index (χ0n) is 16.9. The lowest BCUT2D eigenvalue weighted by atomic mass is 10.0. The molecule has 0 saturated carbocycles. The number of hydrogen-bond acceptors (Lipinski definition) is 2. The molecule has 0 bridgehead atoms. The normalized spacial score (nSPS) is 13.7. The lowest BCUT2D eigenvalue weighted by molar-refractivity contribution is 0.623. The van der Waals surface area contributed by atoms with E-state index in [1.54, 1.807) is 0 Å². The average Bonchev–Trinajstić information content (AvgIpc) is 2.72. The van der Waals surface area contributed by atoms with Gasteiger partial charge in [0.2, 0.25) is 0 Å². The van der Waals surface area contributed by atoms with E-state index in [-0.39, 0.29) is 11.3 Å². The number of hydrogen-bond donors (Lipinski definition) is 2. The van der Waals surface area contributed by atoms with E-state index < -0.39 is 16.3 Å². The molecule has 0 heterocycles. The van der Waals surface area contributed by atoms with Crippen molar-refractivity contribution in [3.05, 3.63) is 72.8 Å². The zero-order chi connectivity index (χ0) is 20.3. The van der Waals surface area contributed by atoms with Crippen molar-refractivity contribution < 1.29 is 9.79 Å². The van der Waals surface area contributed by atoms with Crippen LogP contribution in [0.2, 0.25) is 0 Å². The van der Waals surface area contributed by atoms with Gasteiger partial charge in [-0.15, -0.1) is 0 Å². The molecule has 0 radical (unpaired) electrons. The standard InChI is InChI=1S/C24H28O2P2/c1-17(2)27(25)23-11-7-5-9-21(23)19-13-15-20(16-14-19)22-10-6-8-12-24(22)28(26)18(3)4/h5-18,25-26H,1-4H3. The van der Waals surface area contributed by atoms with Crippen molar-refractivity contribution in [1.82, 2.24) is 0 Å². The Balaban J connectivity index is 1.99. The Morgan fingerprint density at radius 1 is 0.536 bits per heavy atom. The molecule has 0 fully saturated rings. The maximum atomic E-state index is 10.7. The summed E-state index contributed by atoms with van der Waals surface area (Å²) in [6.45, 7) is 8.24. The van der Waals surface area contributed by atoms with Crippen LogP contribution in [0.25, 0.3) is 22.3 Å². The van der Waals surface area contributed by atoms with Gasteiger partial charge in [-0.25, -0.2) is 0 Å². The van der Waals surface area contributed by atoms with Crippen molar-refractivity contribution in [3.63, 3.8) is 0 Å². The Morgan fingerprint density at radius 3 is 1.18 bits per heavy atom. The first-order chi connectivity index (χ1) is 13.4. The zero-order valence-corrected chi connectivity index (χ0v) is 18.7. The maximum absolute atomic E-state index is 10.7.